The smallest absolute Gasteiger partial charge is 0.337 e. The van der Waals surface area contributed by atoms with Crippen LogP contribution in [0, 0.1) is 0 Å². The number of aromatic nitrogens is 2. The van der Waals surface area contributed by atoms with Crippen molar-refractivity contribution >= 4 is 11.8 Å². The lowest BCUT2D eigenvalue weighted by molar-refractivity contribution is -0.136. The summed E-state index contributed by atoms with van der Waals surface area (Å²) in [5.41, 5.74) is 1.11. The van der Waals surface area contributed by atoms with Crippen LogP contribution in [0.2, 0.25) is 0 Å². The maximum atomic E-state index is 12.8. The summed E-state index contributed by atoms with van der Waals surface area (Å²) >= 11 is 0. The molecule has 1 unspecified atom stereocenters. The van der Waals surface area contributed by atoms with Crippen LogP contribution in [-0.2, 0) is 16.1 Å². The van der Waals surface area contributed by atoms with Crippen molar-refractivity contribution < 1.29 is 14.3 Å². The van der Waals surface area contributed by atoms with E-state index >= 15 is 0 Å². The first kappa shape index (κ1) is 18.1. The molecule has 0 aliphatic carbocycles. The van der Waals surface area contributed by atoms with E-state index in [-0.39, 0.29) is 6.61 Å². The summed E-state index contributed by atoms with van der Waals surface area (Å²) in [7, 11) is 0. The average molecular weight is 383 g/mol. The number of cyclic esters (lactones) is 1. The topological polar surface area (TPSA) is 102 Å². The van der Waals surface area contributed by atoms with E-state index in [4.69, 9.17) is 9.47 Å². The molecular weight excluding hydrogens is 362 g/mol. The van der Waals surface area contributed by atoms with Crippen molar-refractivity contribution in [1.29, 1.82) is 0 Å². The molecular formula is C20H21N3O5. The van der Waals surface area contributed by atoms with Crippen LogP contribution in [0.3, 0.4) is 0 Å². The minimum absolute atomic E-state index is 0.0915. The second kappa shape index (κ2) is 7.03. The van der Waals surface area contributed by atoms with Gasteiger partial charge in [0.25, 0.3) is 5.56 Å². The molecule has 8 nitrogen and oxygen atoms in total. The molecule has 0 saturated carbocycles. The van der Waals surface area contributed by atoms with Crippen molar-refractivity contribution in [1.82, 2.24) is 9.55 Å². The molecule has 8 heteroatoms. The number of aromatic amines is 1. The molecule has 28 heavy (non-hydrogen) atoms. The van der Waals surface area contributed by atoms with Crippen molar-refractivity contribution in [3.8, 4) is 5.75 Å². The van der Waals surface area contributed by atoms with Crippen molar-refractivity contribution in [3.05, 3.63) is 67.5 Å². The number of nitrogens with zero attached hydrogens (tertiary/aromatic N) is 1. The summed E-state index contributed by atoms with van der Waals surface area (Å²) in [6.07, 6.45) is 0.717. The van der Waals surface area contributed by atoms with E-state index in [2.05, 4.69) is 10.3 Å². The van der Waals surface area contributed by atoms with Crippen LogP contribution < -0.4 is 21.3 Å². The number of esters is 1. The summed E-state index contributed by atoms with van der Waals surface area (Å²) < 4.78 is 12.2. The molecule has 4 rings (SSSR count). The molecule has 0 spiro atoms. The van der Waals surface area contributed by atoms with Crippen molar-refractivity contribution in [3.63, 3.8) is 0 Å². The van der Waals surface area contributed by atoms with Crippen LogP contribution in [0.1, 0.15) is 37.3 Å². The van der Waals surface area contributed by atoms with E-state index in [0.29, 0.717) is 41.6 Å². The first-order chi connectivity index (χ1) is 13.5. The van der Waals surface area contributed by atoms with Gasteiger partial charge >= 0.3 is 11.7 Å². The van der Waals surface area contributed by atoms with Crippen molar-refractivity contribution in [2.45, 2.75) is 32.7 Å². The largest absolute Gasteiger partial charge is 0.494 e. The molecule has 3 heterocycles. The third kappa shape index (κ3) is 2.81. The standard InChI is InChI=1S/C20H21N3O5/c1-3-9-23-17-16(18(24)22-20(23)26)14(15-13(21-17)10-28-19(15)25)11-5-7-12(8-6-11)27-4-2/h5-8,14,21H,3-4,9-10H2,1-2H3,(H,22,24,26). The number of rotatable bonds is 5. The molecule has 1 aromatic heterocycles. The third-order valence-electron chi connectivity index (χ3n) is 4.95. The number of H-pyrrole nitrogens is 1. The highest BCUT2D eigenvalue weighted by Gasteiger charge is 2.41. The lowest BCUT2D eigenvalue weighted by Crippen LogP contribution is -2.38. The average Bonchev–Trinajstić information content (AvgIpc) is 3.05. The van der Waals surface area contributed by atoms with Gasteiger partial charge in [0, 0.05) is 6.54 Å². The van der Waals surface area contributed by atoms with Gasteiger partial charge in [-0.15, -0.1) is 0 Å². The maximum absolute atomic E-state index is 12.8. The Labute approximate surface area is 160 Å². The number of hydrogen-bond donors (Lipinski definition) is 2. The lowest BCUT2D eigenvalue weighted by Gasteiger charge is -2.28. The van der Waals surface area contributed by atoms with Gasteiger partial charge in [0.15, 0.2) is 0 Å². The predicted octanol–water partition coefficient (Wildman–Crippen LogP) is 1.71. The van der Waals surface area contributed by atoms with Gasteiger partial charge in [0.1, 0.15) is 18.2 Å². The van der Waals surface area contributed by atoms with Gasteiger partial charge in [-0.05, 0) is 31.0 Å². The Kier molecular flexibility index (Phi) is 4.54. The van der Waals surface area contributed by atoms with Gasteiger partial charge in [0.05, 0.1) is 29.4 Å². The molecule has 0 radical (unpaired) electrons. The molecule has 146 valence electrons. The first-order valence-electron chi connectivity index (χ1n) is 9.32. The fourth-order valence-corrected chi connectivity index (χ4v) is 3.78. The molecule has 0 amide bonds. The minimum atomic E-state index is -0.621. The number of benzene rings is 1. The third-order valence-corrected chi connectivity index (χ3v) is 4.95. The van der Waals surface area contributed by atoms with Crippen LogP contribution in [-0.4, -0.2) is 28.7 Å². The molecule has 1 atom stereocenters. The normalized spacial score (nSPS) is 17.6. The van der Waals surface area contributed by atoms with Gasteiger partial charge in [-0.1, -0.05) is 19.1 Å². The zero-order valence-corrected chi connectivity index (χ0v) is 15.7. The summed E-state index contributed by atoms with van der Waals surface area (Å²) in [5, 5.41) is 3.11. The molecule has 1 aromatic carbocycles. The van der Waals surface area contributed by atoms with E-state index < -0.39 is 23.1 Å². The molecule has 2 aliphatic heterocycles. The van der Waals surface area contributed by atoms with Gasteiger partial charge in [0.2, 0.25) is 0 Å². The molecule has 2 aliphatic rings. The Morgan fingerprint density at radius 3 is 2.61 bits per heavy atom. The molecule has 2 N–H and O–H groups in total. The highest BCUT2D eigenvalue weighted by molar-refractivity contribution is 5.96. The maximum Gasteiger partial charge on any atom is 0.337 e. The number of anilines is 1. The molecule has 0 saturated heterocycles. The summed E-state index contributed by atoms with van der Waals surface area (Å²) in [5.74, 6) is 0.0454. The van der Waals surface area contributed by atoms with Crippen LogP contribution >= 0.6 is 0 Å². The van der Waals surface area contributed by atoms with E-state index in [1.54, 1.807) is 12.1 Å². The monoisotopic (exact) mass is 383 g/mol. The Hall–Kier alpha value is -3.29. The predicted molar refractivity (Wildman–Crippen MR) is 103 cm³/mol. The zero-order chi connectivity index (χ0) is 19.8. The quantitative estimate of drug-likeness (QED) is 0.762. The van der Waals surface area contributed by atoms with E-state index in [1.807, 2.05) is 26.0 Å². The Morgan fingerprint density at radius 1 is 1.18 bits per heavy atom. The van der Waals surface area contributed by atoms with Crippen LogP contribution in [0.4, 0.5) is 5.82 Å². The van der Waals surface area contributed by atoms with Gasteiger partial charge < -0.3 is 14.8 Å². The number of carbonyl (C=O) groups excluding carboxylic acids is 1. The summed E-state index contributed by atoms with van der Waals surface area (Å²) in [4.78, 5) is 40.0. The second-order valence-corrected chi connectivity index (χ2v) is 6.70. The van der Waals surface area contributed by atoms with E-state index in [1.165, 1.54) is 4.57 Å². The highest BCUT2D eigenvalue weighted by Crippen LogP contribution is 2.42. The fourth-order valence-electron chi connectivity index (χ4n) is 3.78. The number of ether oxygens (including phenoxy) is 2. The molecule has 0 bridgehead atoms. The van der Waals surface area contributed by atoms with Crippen molar-refractivity contribution in [2.24, 2.45) is 0 Å². The van der Waals surface area contributed by atoms with E-state index in [0.717, 1.165) is 12.0 Å². The minimum Gasteiger partial charge on any atom is -0.494 e. The Bertz CT molecular complexity index is 1080. The van der Waals surface area contributed by atoms with Gasteiger partial charge in [-0.25, -0.2) is 9.59 Å². The highest BCUT2D eigenvalue weighted by atomic mass is 16.5. The van der Waals surface area contributed by atoms with Crippen LogP contribution in [0.5, 0.6) is 5.75 Å². The van der Waals surface area contributed by atoms with E-state index in [9.17, 15) is 14.4 Å². The number of fused-ring (bicyclic) bond motifs is 1. The van der Waals surface area contributed by atoms with Crippen LogP contribution in [0.25, 0.3) is 0 Å². The first-order valence-corrected chi connectivity index (χ1v) is 9.32. The summed E-state index contributed by atoms with van der Waals surface area (Å²) in [6.45, 7) is 4.92. The number of hydrogen-bond acceptors (Lipinski definition) is 6. The van der Waals surface area contributed by atoms with Crippen LogP contribution in [0.15, 0.2) is 45.1 Å². The number of nitrogens with one attached hydrogen (secondary N) is 2. The fraction of sp³-hybridized carbons (Fsp3) is 0.350. The Balaban J connectivity index is 1.94. The summed E-state index contributed by atoms with van der Waals surface area (Å²) in [6, 6.07) is 7.26. The number of carbonyl (C=O) groups is 1. The molecule has 2 aromatic rings. The molecule has 0 fully saturated rings. The van der Waals surface area contributed by atoms with Crippen molar-refractivity contribution in [2.75, 3.05) is 18.5 Å². The Morgan fingerprint density at radius 2 is 1.93 bits per heavy atom. The van der Waals surface area contributed by atoms with Gasteiger partial charge in [-0.2, -0.15) is 0 Å². The second-order valence-electron chi connectivity index (χ2n) is 6.70. The zero-order valence-electron chi connectivity index (χ0n) is 15.7. The SMILES string of the molecule is CCCn1c2c(c(=O)[nH]c1=O)C(c1ccc(OCC)cc1)C1=C(COC1=O)N2. The lowest BCUT2D eigenvalue weighted by atomic mass is 9.83. The van der Waals surface area contributed by atoms with Gasteiger partial charge in [-0.3, -0.25) is 14.3 Å².